The molecule has 18 heavy (non-hydrogen) atoms. The molecule has 1 aromatic carbocycles. The van der Waals surface area contributed by atoms with Crippen molar-refractivity contribution in [3.05, 3.63) is 24.3 Å². The predicted octanol–water partition coefficient (Wildman–Crippen LogP) is 2.19. The average Bonchev–Trinajstić information content (AvgIpc) is 2.29. The van der Waals surface area contributed by atoms with Crippen molar-refractivity contribution in [2.75, 3.05) is 31.2 Å². The Hall–Kier alpha value is -1.55. The van der Waals surface area contributed by atoms with Gasteiger partial charge in [0.2, 0.25) is 5.91 Å². The van der Waals surface area contributed by atoms with Crippen LogP contribution in [0.1, 0.15) is 20.3 Å². The van der Waals surface area contributed by atoms with Crippen LogP contribution in [0.5, 0.6) is 0 Å². The molecule has 1 rings (SSSR count). The fraction of sp³-hybridized carbons (Fsp3) is 0.500. The highest BCUT2D eigenvalue weighted by Gasteiger charge is 2.07. The minimum atomic E-state index is 0.00558. The summed E-state index contributed by atoms with van der Waals surface area (Å²) in [6.45, 7) is 5.72. The van der Waals surface area contributed by atoms with E-state index in [2.05, 4.69) is 19.2 Å². The molecule has 0 aliphatic rings. The van der Waals surface area contributed by atoms with Crippen LogP contribution >= 0.6 is 0 Å². The molecule has 0 atom stereocenters. The number of benzene rings is 1. The first kappa shape index (κ1) is 14.5. The highest BCUT2D eigenvalue weighted by molar-refractivity contribution is 5.92. The molecule has 0 radical (unpaired) electrons. The second-order valence-corrected chi connectivity index (χ2v) is 5.09. The molecule has 100 valence electrons. The number of anilines is 2. The summed E-state index contributed by atoms with van der Waals surface area (Å²) in [5.41, 5.74) is 7.07. The normalized spacial score (nSPS) is 10.9. The maximum atomic E-state index is 11.8. The third-order valence-corrected chi connectivity index (χ3v) is 2.70. The molecule has 0 aliphatic heterocycles. The number of hydrogen-bond donors (Lipinski definition) is 2. The van der Waals surface area contributed by atoms with E-state index in [1.165, 1.54) is 0 Å². The van der Waals surface area contributed by atoms with E-state index in [9.17, 15) is 4.79 Å². The molecule has 0 unspecified atom stereocenters. The van der Waals surface area contributed by atoms with Crippen LogP contribution in [0.15, 0.2) is 24.3 Å². The molecule has 3 N–H and O–H groups in total. The van der Waals surface area contributed by atoms with Gasteiger partial charge in [-0.2, -0.15) is 0 Å². The minimum Gasteiger partial charge on any atom is -0.399 e. The van der Waals surface area contributed by atoms with Gasteiger partial charge in [-0.3, -0.25) is 9.69 Å². The lowest BCUT2D eigenvalue weighted by molar-refractivity contribution is -0.117. The summed E-state index contributed by atoms with van der Waals surface area (Å²) in [6.07, 6.45) is 1.10. The highest BCUT2D eigenvalue weighted by Crippen LogP contribution is 2.10. The molecule has 0 spiro atoms. The molecule has 1 amide bonds. The molecule has 0 heterocycles. The van der Waals surface area contributed by atoms with Crippen molar-refractivity contribution in [3.63, 3.8) is 0 Å². The first-order valence-corrected chi connectivity index (χ1v) is 6.31. The molecular weight excluding hydrogens is 226 g/mol. The van der Waals surface area contributed by atoms with E-state index in [1.54, 1.807) is 24.3 Å². The van der Waals surface area contributed by atoms with Crippen molar-refractivity contribution in [2.24, 2.45) is 5.92 Å². The number of nitrogens with zero attached hydrogens (tertiary/aromatic N) is 1. The fourth-order valence-electron chi connectivity index (χ4n) is 1.57. The van der Waals surface area contributed by atoms with Crippen LogP contribution in [0.4, 0.5) is 11.4 Å². The Morgan fingerprint density at radius 2 is 1.94 bits per heavy atom. The average molecular weight is 249 g/mol. The zero-order valence-corrected chi connectivity index (χ0v) is 11.4. The van der Waals surface area contributed by atoms with Gasteiger partial charge in [-0.1, -0.05) is 13.8 Å². The lowest BCUT2D eigenvalue weighted by Crippen LogP contribution is -2.31. The number of nitrogens with one attached hydrogen (secondary N) is 1. The van der Waals surface area contributed by atoms with Crippen molar-refractivity contribution in [1.29, 1.82) is 0 Å². The molecular formula is C14H23N3O. The highest BCUT2D eigenvalue weighted by atomic mass is 16.2. The third kappa shape index (κ3) is 5.68. The Bertz CT molecular complexity index is 373. The lowest BCUT2D eigenvalue weighted by atomic mass is 10.1. The third-order valence-electron chi connectivity index (χ3n) is 2.70. The summed E-state index contributed by atoms with van der Waals surface area (Å²) >= 11 is 0. The summed E-state index contributed by atoms with van der Waals surface area (Å²) in [6, 6.07) is 7.17. The van der Waals surface area contributed by atoms with Crippen LogP contribution < -0.4 is 11.1 Å². The maximum Gasteiger partial charge on any atom is 0.238 e. The number of hydrogen-bond acceptors (Lipinski definition) is 3. The summed E-state index contributed by atoms with van der Waals surface area (Å²) in [5, 5.41) is 2.85. The SMILES string of the molecule is CC(C)CCN(C)CC(=O)Nc1ccc(N)cc1. The first-order chi connectivity index (χ1) is 8.47. The molecule has 0 saturated carbocycles. The Morgan fingerprint density at radius 1 is 1.33 bits per heavy atom. The van der Waals surface area contributed by atoms with Gasteiger partial charge in [0.1, 0.15) is 0 Å². The van der Waals surface area contributed by atoms with E-state index < -0.39 is 0 Å². The van der Waals surface area contributed by atoms with Gasteiger partial charge in [0, 0.05) is 11.4 Å². The summed E-state index contributed by atoms with van der Waals surface area (Å²) < 4.78 is 0. The molecule has 0 saturated heterocycles. The zero-order valence-electron chi connectivity index (χ0n) is 11.4. The Kier molecular flexibility index (Phi) is 5.65. The molecule has 4 nitrogen and oxygen atoms in total. The fourth-order valence-corrected chi connectivity index (χ4v) is 1.57. The van der Waals surface area contributed by atoms with Crippen LogP contribution in [0.3, 0.4) is 0 Å². The van der Waals surface area contributed by atoms with Crippen molar-refractivity contribution in [3.8, 4) is 0 Å². The van der Waals surface area contributed by atoms with Crippen molar-refractivity contribution >= 4 is 17.3 Å². The van der Waals surface area contributed by atoms with E-state index in [4.69, 9.17) is 5.73 Å². The van der Waals surface area contributed by atoms with E-state index in [0.717, 1.165) is 18.7 Å². The zero-order chi connectivity index (χ0) is 13.5. The van der Waals surface area contributed by atoms with Gasteiger partial charge < -0.3 is 11.1 Å². The number of rotatable bonds is 6. The van der Waals surface area contributed by atoms with Crippen LogP contribution in [-0.4, -0.2) is 30.9 Å². The van der Waals surface area contributed by atoms with Gasteiger partial charge in [-0.05, 0) is 50.2 Å². The number of carbonyl (C=O) groups excluding carboxylic acids is 1. The predicted molar refractivity (Wildman–Crippen MR) is 76.4 cm³/mol. The van der Waals surface area contributed by atoms with E-state index in [1.807, 2.05) is 11.9 Å². The molecule has 0 fully saturated rings. The molecule has 4 heteroatoms. The minimum absolute atomic E-state index is 0.00558. The van der Waals surface area contributed by atoms with E-state index in [0.29, 0.717) is 18.2 Å². The van der Waals surface area contributed by atoms with Gasteiger partial charge in [0.25, 0.3) is 0 Å². The standard InChI is InChI=1S/C14H23N3O/c1-11(2)8-9-17(3)10-14(18)16-13-6-4-12(15)5-7-13/h4-7,11H,8-10,15H2,1-3H3,(H,16,18). The largest absolute Gasteiger partial charge is 0.399 e. The van der Waals surface area contributed by atoms with Gasteiger partial charge in [-0.15, -0.1) is 0 Å². The van der Waals surface area contributed by atoms with Crippen molar-refractivity contribution in [2.45, 2.75) is 20.3 Å². The molecule has 0 aliphatic carbocycles. The van der Waals surface area contributed by atoms with Crippen LogP contribution in [-0.2, 0) is 4.79 Å². The van der Waals surface area contributed by atoms with E-state index in [-0.39, 0.29) is 5.91 Å². The molecule has 0 bridgehead atoms. The topological polar surface area (TPSA) is 58.4 Å². The van der Waals surface area contributed by atoms with Gasteiger partial charge in [0.05, 0.1) is 6.54 Å². The van der Waals surface area contributed by atoms with Crippen molar-refractivity contribution < 1.29 is 4.79 Å². The quantitative estimate of drug-likeness (QED) is 0.760. The first-order valence-electron chi connectivity index (χ1n) is 6.31. The second kappa shape index (κ2) is 7.01. The maximum absolute atomic E-state index is 11.8. The monoisotopic (exact) mass is 249 g/mol. The summed E-state index contributed by atoms with van der Waals surface area (Å²) in [4.78, 5) is 13.8. The van der Waals surface area contributed by atoms with Crippen LogP contribution in [0, 0.1) is 5.92 Å². The van der Waals surface area contributed by atoms with Crippen LogP contribution in [0.25, 0.3) is 0 Å². The van der Waals surface area contributed by atoms with Gasteiger partial charge in [-0.25, -0.2) is 0 Å². The van der Waals surface area contributed by atoms with Gasteiger partial charge >= 0.3 is 0 Å². The van der Waals surface area contributed by atoms with Crippen molar-refractivity contribution in [1.82, 2.24) is 4.90 Å². The molecule has 0 aromatic heterocycles. The number of carbonyl (C=O) groups is 1. The number of nitrogen functional groups attached to an aromatic ring is 1. The molecule has 1 aromatic rings. The number of nitrogens with two attached hydrogens (primary N) is 1. The Morgan fingerprint density at radius 3 is 2.50 bits per heavy atom. The van der Waals surface area contributed by atoms with Crippen LogP contribution in [0.2, 0.25) is 0 Å². The number of likely N-dealkylation sites (N-methyl/N-ethyl adjacent to an activating group) is 1. The smallest absolute Gasteiger partial charge is 0.238 e. The van der Waals surface area contributed by atoms with E-state index >= 15 is 0 Å². The summed E-state index contributed by atoms with van der Waals surface area (Å²) in [5.74, 6) is 0.665. The lowest BCUT2D eigenvalue weighted by Gasteiger charge is -2.17. The van der Waals surface area contributed by atoms with Gasteiger partial charge in [0.15, 0.2) is 0 Å². The Labute approximate surface area is 109 Å². The number of amides is 1. The summed E-state index contributed by atoms with van der Waals surface area (Å²) in [7, 11) is 1.96. The Balaban J connectivity index is 2.34. The second-order valence-electron chi connectivity index (χ2n) is 5.09.